The molecular weight excluding hydrogens is 483 g/mol. The molecule has 0 saturated heterocycles. The van der Waals surface area contributed by atoms with Crippen LogP contribution in [0.1, 0.15) is 22.5 Å². The molecule has 0 radical (unpaired) electrons. The second-order valence-corrected chi connectivity index (χ2v) is 7.45. The molecule has 1 heterocycles. The third-order valence-corrected chi connectivity index (χ3v) is 5.61. The Morgan fingerprint density at radius 2 is 1.90 bits per heavy atom. The summed E-state index contributed by atoms with van der Waals surface area (Å²) in [6, 6.07) is 6.04. The Hall–Kier alpha value is -2.60. The van der Waals surface area contributed by atoms with Crippen LogP contribution in [-0.2, 0) is 9.59 Å². The minimum Gasteiger partial charge on any atom is -0.479 e. The van der Waals surface area contributed by atoms with Gasteiger partial charge in [0.2, 0.25) is 5.91 Å². The molecule has 12 heteroatoms. The molecule has 29 heavy (non-hydrogen) atoms. The van der Waals surface area contributed by atoms with E-state index in [4.69, 9.17) is 9.84 Å². The van der Waals surface area contributed by atoms with Crippen molar-refractivity contribution in [2.45, 2.75) is 19.0 Å². The largest absolute Gasteiger partial charge is 0.479 e. The van der Waals surface area contributed by atoms with E-state index in [1.54, 1.807) is 6.07 Å². The third kappa shape index (κ3) is 6.46. The average Bonchev–Trinajstić information content (AvgIpc) is 2.94. The summed E-state index contributed by atoms with van der Waals surface area (Å²) in [4.78, 5) is 34.0. The van der Waals surface area contributed by atoms with Crippen molar-refractivity contribution in [3.8, 4) is 16.2 Å². The van der Waals surface area contributed by atoms with Crippen LogP contribution in [-0.4, -0.2) is 40.8 Å². The fourth-order valence-corrected chi connectivity index (χ4v) is 4.09. The maximum absolute atomic E-state index is 12.2. The lowest BCUT2D eigenvalue weighted by molar-refractivity contribution is -0.142. The highest BCUT2D eigenvalue weighted by Crippen LogP contribution is 2.46. The highest BCUT2D eigenvalue weighted by atomic mass is 79.9. The zero-order valence-electron chi connectivity index (χ0n) is 14.4. The van der Waals surface area contributed by atoms with Crippen LogP contribution in [0.15, 0.2) is 28.7 Å². The number of hydrogen-bond donors (Lipinski definition) is 3. The number of alkyl halides is 3. The first-order valence-corrected chi connectivity index (χ1v) is 9.46. The number of nitrogens with one attached hydrogen (secondary N) is 1. The van der Waals surface area contributed by atoms with Crippen molar-refractivity contribution in [3.05, 3.63) is 33.6 Å². The summed E-state index contributed by atoms with van der Waals surface area (Å²) in [6.07, 6.45) is -6.42. The number of aromatic carboxylic acids is 1. The molecule has 0 aliphatic rings. The van der Waals surface area contributed by atoms with Gasteiger partial charge in [-0.05, 0) is 33.6 Å². The van der Waals surface area contributed by atoms with Crippen LogP contribution in [0, 0.1) is 0 Å². The molecule has 0 unspecified atom stereocenters. The van der Waals surface area contributed by atoms with E-state index in [0.717, 1.165) is 11.3 Å². The predicted molar refractivity (Wildman–Crippen MR) is 101 cm³/mol. The second-order valence-electron chi connectivity index (χ2n) is 5.64. The lowest BCUT2D eigenvalue weighted by Crippen LogP contribution is -2.16. The number of thiophene rings is 1. The quantitative estimate of drug-likeness (QED) is 0.492. The zero-order chi connectivity index (χ0) is 21.8. The number of amides is 1. The summed E-state index contributed by atoms with van der Waals surface area (Å²) in [5.41, 5.74) is 0.669. The van der Waals surface area contributed by atoms with E-state index in [1.165, 1.54) is 18.2 Å². The fourth-order valence-electron chi connectivity index (χ4n) is 2.20. The van der Waals surface area contributed by atoms with E-state index in [-0.39, 0.29) is 20.8 Å². The summed E-state index contributed by atoms with van der Waals surface area (Å²) < 4.78 is 41.9. The van der Waals surface area contributed by atoms with Gasteiger partial charge in [-0.2, -0.15) is 13.2 Å². The maximum Gasteiger partial charge on any atom is 0.389 e. The van der Waals surface area contributed by atoms with Crippen molar-refractivity contribution in [3.63, 3.8) is 0 Å². The van der Waals surface area contributed by atoms with Crippen molar-refractivity contribution in [2.75, 3.05) is 11.9 Å². The molecule has 3 N–H and O–H groups in total. The Balaban J connectivity index is 2.28. The number of benzene rings is 1. The standard InChI is InChI=1S/C17H13BrF3NO6S/c18-12-13(28-7-11(24)25)15(16(26)27)29-14(12)8-2-1-3-9(6-8)22-10(23)4-5-17(19,20)21/h1-3,6H,4-5,7H2,(H,22,23)(H,24,25)(H,26,27). The number of carboxylic acid groups (broad SMARTS) is 2. The monoisotopic (exact) mass is 495 g/mol. The van der Waals surface area contributed by atoms with E-state index in [0.29, 0.717) is 10.4 Å². The molecular formula is C17H13BrF3NO6S. The van der Waals surface area contributed by atoms with Gasteiger partial charge >= 0.3 is 18.1 Å². The number of rotatable bonds is 8. The lowest BCUT2D eigenvalue weighted by atomic mass is 10.1. The van der Waals surface area contributed by atoms with Crippen molar-refractivity contribution in [2.24, 2.45) is 0 Å². The Bertz CT molecular complexity index is 944. The number of carbonyl (C=O) groups is 3. The highest BCUT2D eigenvalue weighted by Gasteiger charge is 2.28. The number of anilines is 1. The summed E-state index contributed by atoms with van der Waals surface area (Å²) in [5, 5.41) is 20.4. The van der Waals surface area contributed by atoms with Gasteiger partial charge in [-0.3, -0.25) is 4.79 Å². The molecule has 7 nitrogen and oxygen atoms in total. The molecule has 0 atom stereocenters. The maximum atomic E-state index is 12.2. The second kappa shape index (κ2) is 9.27. The van der Waals surface area contributed by atoms with Crippen LogP contribution in [0.25, 0.3) is 10.4 Å². The van der Waals surface area contributed by atoms with E-state index in [2.05, 4.69) is 21.2 Å². The normalized spacial score (nSPS) is 11.2. The van der Waals surface area contributed by atoms with Crippen LogP contribution >= 0.6 is 27.3 Å². The van der Waals surface area contributed by atoms with Gasteiger partial charge in [0.25, 0.3) is 0 Å². The molecule has 2 aromatic rings. The molecule has 0 fully saturated rings. The Morgan fingerprint density at radius 1 is 1.21 bits per heavy atom. The number of hydrogen-bond acceptors (Lipinski definition) is 5. The molecule has 0 spiro atoms. The first kappa shape index (κ1) is 22.7. The Morgan fingerprint density at radius 3 is 2.48 bits per heavy atom. The van der Waals surface area contributed by atoms with E-state index < -0.39 is 43.5 Å². The number of carboxylic acids is 2. The molecule has 156 valence electrons. The van der Waals surface area contributed by atoms with Crippen LogP contribution in [0.5, 0.6) is 5.75 Å². The minimum absolute atomic E-state index is 0.153. The van der Waals surface area contributed by atoms with Crippen LogP contribution in [0.3, 0.4) is 0 Å². The molecule has 1 aromatic carbocycles. The SMILES string of the molecule is O=C(O)COc1c(C(=O)O)sc(-c2cccc(NC(=O)CCC(F)(F)F)c2)c1Br. The molecule has 0 aliphatic heterocycles. The van der Waals surface area contributed by atoms with Gasteiger partial charge in [-0.15, -0.1) is 11.3 Å². The zero-order valence-corrected chi connectivity index (χ0v) is 16.8. The summed E-state index contributed by atoms with van der Waals surface area (Å²) in [6.45, 7) is -0.746. The van der Waals surface area contributed by atoms with Crippen molar-refractivity contribution >= 4 is 50.8 Å². The third-order valence-electron chi connectivity index (χ3n) is 3.39. The lowest BCUT2D eigenvalue weighted by Gasteiger charge is -2.09. The Kier molecular flexibility index (Phi) is 7.25. The van der Waals surface area contributed by atoms with Gasteiger partial charge in [-0.1, -0.05) is 12.1 Å². The van der Waals surface area contributed by atoms with Gasteiger partial charge in [0.15, 0.2) is 17.2 Å². The molecule has 0 saturated carbocycles. The summed E-state index contributed by atoms with van der Waals surface area (Å²) in [5.74, 6) is -3.58. The van der Waals surface area contributed by atoms with Gasteiger partial charge in [0, 0.05) is 12.1 Å². The minimum atomic E-state index is -4.44. The van der Waals surface area contributed by atoms with Crippen molar-refractivity contribution in [1.29, 1.82) is 0 Å². The Labute approximate surface area is 174 Å². The van der Waals surface area contributed by atoms with Crippen LogP contribution in [0.2, 0.25) is 0 Å². The van der Waals surface area contributed by atoms with E-state index in [9.17, 15) is 32.7 Å². The van der Waals surface area contributed by atoms with Gasteiger partial charge < -0.3 is 20.3 Å². The highest BCUT2D eigenvalue weighted by molar-refractivity contribution is 9.10. The molecule has 0 aliphatic carbocycles. The first-order valence-electron chi connectivity index (χ1n) is 7.85. The average molecular weight is 496 g/mol. The van der Waals surface area contributed by atoms with Crippen molar-refractivity contribution < 1.29 is 42.5 Å². The van der Waals surface area contributed by atoms with Gasteiger partial charge in [-0.25, -0.2) is 9.59 Å². The number of aliphatic carboxylic acids is 1. The molecule has 0 bridgehead atoms. The van der Waals surface area contributed by atoms with Crippen molar-refractivity contribution in [1.82, 2.24) is 0 Å². The van der Waals surface area contributed by atoms with Crippen LogP contribution in [0.4, 0.5) is 18.9 Å². The molecule has 2 rings (SSSR count). The van der Waals surface area contributed by atoms with E-state index >= 15 is 0 Å². The first-order chi connectivity index (χ1) is 13.5. The molecule has 1 aromatic heterocycles. The van der Waals surface area contributed by atoms with Gasteiger partial charge in [0.05, 0.1) is 15.8 Å². The smallest absolute Gasteiger partial charge is 0.389 e. The summed E-state index contributed by atoms with van der Waals surface area (Å²) in [7, 11) is 0. The van der Waals surface area contributed by atoms with E-state index in [1.807, 2.05) is 0 Å². The molecule has 1 amide bonds. The van der Waals surface area contributed by atoms with Crippen LogP contribution < -0.4 is 10.1 Å². The summed E-state index contributed by atoms with van der Waals surface area (Å²) >= 11 is 4.01. The number of carbonyl (C=O) groups excluding carboxylic acids is 1. The fraction of sp³-hybridized carbons (Fsp3) is 0.235. The number of ether oxygens (including phenoxy) is 1. The topological polar surface area (TPSA) is 113 Å². The predicted octanol–water partition coefficient (Wildman–Crippen LogP) is 4.62. The number of halogens is 4. The van der Waals surface area contributed by atoms with Gasteiger partial charge in [0.1, 0.15) is 0 Å².